The summed E-state index contributed by atoms with van der Waals surface area (Å²) in [6.45, 7) is 4.69. The van der Waals surface area contributed by atoms with Crippen molar-refractivity contribution in [3.8, 4) is 0 Å². The van der Waals surface area contributed by atoms with Gasteiger partial charge in [0.2, 0.25) is 5.91 Å². The molecule has 0 heterocycles. The molecule has 1 aromatic carbocycles. The molecule has 2 unspecified atom stereocenters. The molecule has 106 valence electrons. The smallest absolute Gasteiger partial charge is 0.237 e. The maximum absolute atomic E-state index is 11.2. The molecule has 0 aliphatic carbocycles. The molecule has 0 aromatic heterocycles. The van der Waals surface area contributed by atoms with Gasteiger partial charge in [-0.2, -0.15) is 0 Å². The maximum Gasteiger partial charge on any atom is 0.237 e. The highest BCUT2D eigenvalue weighted by atomic mass is 16.1. The predicted octanol–water partition coefficient (Wildman–Crippen LogP) is 1.14. The highest BCUT2D eigenvalue weighted by Gasteiger charge is 2.29. The van der Waals surface area contributed by atoms with E-state index in [1.54, 1.807) is 6.92 Å². The number of nitrogens with two attached hydrogens (primary N) is 2. The third-order valence-corrected chi connectivity index (χ3v) is 3.63. The first-order chi connectivity index (χ1) is 8.83. The summed E-state index contributed by atoms with van der Waals surface area (Å²) in [4.78, 5) is 13.4. The number of rotatable bonds is 7. The van der Waals surface area contributed by atoms with Crippen molar-refractivity contribution in [1.29, 1.82) is 0 Å². The van der Waals surface area contributed by atoms with Gasteiger partial charge in [0.1, 0.15) is 0 Å². The molecule has 19 heavy (non-hydrogen) atoms. The Morgan fingerprint density at radius 3 is 2.47 bits per heavy atom. The van der Waals surface area contributed by atoms with Crippen molar-refractivity contribution >= 4 is 5.91 Å². The Morgan fingerprint density at radius 2 is 1.95 bits per heavy atom. The van der Waals surface area contributed by atoms with Gasteiger partial charge in [0.15, 0.2) is 0 Å². The molecule has 1 rings (SSSR count). The van der Waals surface area contributed by atoms with Gasteiger partial charge >= 0.3 is 0 Å². The third kappa shape index (κ3) is 5.01. The van der Waals surface area contributed by atoms with E-state index in [1.165, 1.54) is 5.56 Å². The molecule has 4 nitrogen and oxygen atoms in total. The Balaban J connectivity index is 2.45. The minimum Gasteiger partial charge on any atom is -0.368 e. The summed E-state index contributed by atoms with van der Waals surface area (Å²) in [5.74, 6) is -0.448. The Bertz CT molecular complexity index is 403. The summed E-state index contributed by atoms with van der Waals surface area (Å²) in [6.07, 6.45) is 1.55. The minimum atomic E-state index is -0.944. The monoisotopic (exact) mass is 263 g/mol. The molecule has 0 fully saturated rings. The van der Waals surface area contributed by atoms with Gasteiger partial charge in [-0.15, -0.1) is 0 Å². The van der Waals surface area contributed by atoms with Crippen LogP contribution in [-0.2, 0) is 11.2 Å². The molecule has 0 spiro atoms. The number of amides is 1. The van der Waals surface area contributed by atoms with Crippen LogP contribution in [-0.4, -0.2) is 36.0 Å². The largest absolute Gasteiger partial charge is 0.368 e. The summed E-state index contributed by atoms with van der Waals surface area (Å²) < 4.78 is 0. The van der Waals surface area contributed by atoms with Crippen LogP contribution in [0, 0.1) is 0 Å². The Hall–Kier alpha value is -1.39. The molecule has 0 saturated heterocycles. The summed E-state index contributed by atoms with van der Waals surface area (Å²) in [7, 11) is 2.05. The van der Waals surface area contributed by atoms with Gasteiger partial charge in [-0.25, -0.2) is 0 Å². The van der Waals surface area contributed by atoms with Crippen LogP contribution in [0.3, 0.4) is 0 Å². The van der Waals surface area contributed by atoms with Crippen LogP contribution in [0.15, 0.2) is 30.3 Å². The highest BCUT2D eigenvalue weighted by Crippen LogP contribution is 2.13. The first-order valence-electron chi connectivity index (χ1n) is 6.66. The SMILES string of the molecule is CC(CC(C)(N)C(N)=O)N(C)CCc1ccccc1. The molecule has 0 bridgehead atoms. The van der Waals surface area contributed by atoms with E-state index in [-0.39, 0.29) is 6.04 Å². The zero-order valence-electron chi connectivity index (χ0n) is 12.1. The zero-order valence-corrected chi connectivity index (χ0v) is 12.1. The van der Waals surface area contributed by atoms with E-state index >= 15 is 0 Å². The summed E-state index contributed by atoms with van der Waals surface area (Å²) >= 11 is 0. The number of hydrogen-bond donors (Lipinski definition) is 2. The molecular weight excluding hydrogens is 238 g/mol. The first kappa shape index (κ1) is 15.7. The lowest BCUT2D eigenvalue weighted by Crippen LogP contribution is -2.53. The fraction of sp³-hybridized carbons (Fsp3) is 0.533. The fourth-order valence-electron chi connectivity index (χ4n) is 2.04. The van der Waals surface area contributed by atoms with E-state index < -0.39 is 11.4 Å². The van der Waals surface area contributed by atoms with Gasteiger partial charge in [-0.1, -0.05) is 30.3 Å². The van der Waals surface area contributed by atoms with Gasteiger partial charge in [-0.05, 0) is 39.3 Å². The molecule has 0 radical (unpaired) electrons. The summed E-state index contributed by atoms with van der Waals surface area (Å²) in [5, 5.41) is 0. The Labute approximate surface area is 115 Å². The second-order valence-corrected chi connectivity index (χ2v) is 5.55. The van der Waals surface area contributed by atoms with Crippen molar-refractivity contribution in [2.24, 2.45) is 11.5 Å². The van der Waals surface area contributed by atoms with E-state index in [0.29, 0.717) is 6.42 Å². The number of hydrogen-bond acceptors (Lipinski definition) is 3. The third-order valence-electron chi connectivity index (χ3n) is 3.63. The van der Waals surface area contributed by atoms with E-state index in [1.807, 2.05) is 25.2 Å². The molecule has 2 atom stereocenters. The van der Waals surface area contributed by atoms with E-state index in [0.717, 1.165) is 13.0 Å². The van der Waals surface area contributed by atoms with Crippen LogP contribution in [0.25, 0.3) is 0 Å². The molecule has 4 N–H and O–H groups in total. The lowest BCUT2D eigenvalue weighted by molar-refractivity contribution is -0.123. The van der Waals surface area contributed by atoms with Crippen LogP contribution in [0.1, 0.15) is 25.8 Å². The predicted molar refractivity (Wildman–Crippen MR) is 78.6 cm³/mol. The quantitative estimate of drug-likeness (QED) is 0.775. The first-order valence-corrected chi connectivity index (χ1v) is 6.66. The number of nitrogens with zero attached hydrogens (tertiary/aromatic N) is 1. The van der Waals surface area contributed by atoms with Crippen molar-refractivity contribution in [1.82, 2.24) is 4.90 Å². The van der Waals surface area contributed by atoms with Gasteiger partial charge in [0.25, 0.3) is 0 Å². The van der Waals surface area contributed by atoms with Crippen LogP contribution in [0.5, 0.6) is 0 Å². The lowest BCUT2D eigenvalue weighted by atomic mass is 9.93. The molecule has 4 heteroatoms. The van der Waals surface area contributed by atoms with Crippen LogP contribution in [0.2, 0.25) is 0 Å². The van der Waals surface area contributed by atoms with Gasteiger partial charge < -0.3 is 16.4 Å². The Morgan fingerprint density at radius 1 is 1.37 bits per heavy atom. The van der Waals surface area contributed by atoms with Crippen molar-refractivity contribution in [2.45, 2.75) is 38.3 Å². The maximum atomic E-state index is 11.2. The molecule has 0 aliphatic rings. The van der Waals surface area contributed by atoms with E-state index in [4.69, 9.17) is 11.5 Å². The number of benzene rings is 1. The topological polar surface area (TPSA) is 72.3 Å². The van der Waals surface area contributed by atoms with Crippen molar-refractivity contribution in [2.75, 3.05) is 13.6 Å². The van der Waals surface area contributed by atoms with Crippen LogP contribution in [0.4, 0.5) is 0 Å². The van der Waals surface area contributed by atoms with Crippen molar-refractivity contribution in [3.05, 3.63) is 35.9 Å². The summed E-state index contributed by atoms with van der Waals surface area (Å²) in [5.41, 5.74) is 11.6. The van der Waals surface area contributed by atoms with Crippen LogP contribution >= 0.6 is 0 Å². The Kier molecular flexibility index (Phi) is 5.51. The fourth-order valence-corrected chi connectivity index (χ4v) is 2.04. The average molecular weight is 263 g/mol. The normalized spacial score (nSPS) is 16.1. The molecule has 1 amide bonds. The van der Waals surface area contributed by atoms with Gasteiger partial charge in [-0.3, -0.25) is 4.79 Å². The summed E-state index contributed by atoms with van der Waals surface area (Å²) in [6, 6.07) is 10.6. The zero-order chi connectivity index (χ0) is 14.5. The average Bonchev–Trinajstić information content (AvgIpc) is 2.36. The highest BCUT2D eigenvalue weighted by molar-refractivity contribution is 5.83. The minimum absolute atomic E-state index is 0.214. The number of primary amides is 1. The molecule has 0 saturated carbocycles. The van der Waals surface area contributed by atoms with Crippen molar-refractivity contribution in [3.63, 3.8) is 0 Å². The van der Waals surface area contributed by atoms with Gasteiger partial charge in [0.05, 0.1) is 5.54 Å². The molecular formula is C15H25N3O. The standard InChI is InChI=1S/C15H25N3O/c1-12(11-15(2,17)14(16)19)18(3)10-9-13-7-5-4-6-8-13/h4-8,12H,9-11,17H2,1-3H3,(H2,16,19). The number of carbonyl (C=O) groups excluding carboxylic acids is 1. The second-order valence-electron chi connectivity index (χ2n) is 5.55. The van der Waals surface area contributed by atoms with Gasteiger partial charge in [0, 0.05) is 12.6 Å². The lowest BCUT2D eigenvalue weighted by Gasteiger charge is -2.30. The van der Waals surface area contributed by atoms with E-state index in [9.17, 15) is 4.79 Å². The number of carbonyl (C=O) groups is 1. The molecule has 0 aliphatic heterocycles. The van der Waals surface area contributed by atoms with Crippen LogP contribution < -0.4 is 11.5 Å². The number of likely N-dealkylation sites (N-methyl/N-ethyl adjacent to an activating group) is 1. The second kappa shape index (κ2) is 6.68. The van der Waals surface area contributed by atoms with Crippen molar-refractivity contribution < 1.29 is 4.79 Å². The van der Waals surface area contributed by atoms with E-state index in [2.05, 4.69) is 24.0 Å². The molecule has 1 aromatic rings.